The Morgan fingerprint density at radius 1 is 0.880 bits per heavy atom. The molecule has 4 rings (SSSR count). The van der Waals surface area contributed by atoms with Gasteiger partial charge in [0.05, 0.1) is 11.4 Å². The molecule has 0 unspecified atom stereocenters. The number of rotatable bonds is 4. The first kappa shape index (κ1) is 17.0. The highest BCUT2D eigenvalue weighted by Crippen LogP contribution is 2.48. The molecule has 0 amide bonds. The lowest BCUT2D eigenvalue weighted by molar-refractivity contribution is 0.153. The van der Waals surface area contributed by atoms with Crippen molar-refractivity contribution in [3.05, 3.63) is 48.0 Å². The molecule has 0 aliphatic carbocycles. The molecular weight excluding hydrogens is 326 g/mol. The van der Waals surface area contributed by atoms with E-state index in [1.54, 1.807) is 0 Å². The molecule has 25 heavy (non-hydrogen) atoms. The van der Waals surface area contributed by atoms with Gasteiger partial charge in [0.25, 0.3) is 0 Å². The Kier molecular flexibility index (Phi) is 5.02. The van der Waals surface area contributed by atoms with Crippen LogP contribution >= 0.6 is 11.8 Å². The van der Waals surface area contributed by atoms with Gasteiger partial charge in [-0.05, 0) is 56.8 Å². The predicted octanol–water partition coefficient (Wildman–Crippen LogP) is 4.24. The highest BCUT2D eigenvalue weighted by molar-refractivity contribution is 7.99. The molecule has 2 aromatic rings. The van der Waals surface area contributed by atoms with Crippen LogP contribution in [0.3, 0.4) is 0 Å². The molecule has 0 bridgehead atoms. The van der Waals surface area contributed by atoms with E-state index in [2.05, 4.69) is 71.1 Å². The molecule has 0 radical (unpaired) electrons. The number of para-hydroxylation sites is 1. The molecule has 132 valence electrons. The number of piperazine rings is 1. The van der Waals surface area contributed by atoms with Crippen LogP contribution in [-0.4, -0.2) is 56.1 Å². The Labute approximate surface area is 155 Å². The van der Waals surface area contributed by atoms with Gasteiger partial charge in [-0.15, -0.1) is 0 Å². The summed E-state index contributed by atoms with van der Waals surface area (Å²) in [6.45, 7) is 9.28. The Balaban J connectivity index is 1.49. The minimum absolute atomic E-state index is 1.08. The summed E-state index contributed by atoms with van der Waals surface area (Å²) in [4.78, 5) is 10.3. The fourth-order valence-corrected chi connectivity index (χ4v) is 4.78. The summed E-state index contributed by atoms with van der Waals surface area (Å²) in [6, 6.07) is 15.7. The molecule has 0 N–H and O–H groups in total. The molecule has 2 aliphatic heterocycles. The van der Waals surface area contributed by atoms with E-state index >= 15 is 0 Å². The van der Waals surface area contributed by atoms with Crippen LogP contribution in [0, 0.1) is 6.92 Å². The lowest BCUT2D eigenvalue weighted by atomic mass is 10.1. The van der Waals surface area contributed by atoms with Crippen LogP contribution in [0.15, 0.2) is 52.3 Å². The fraction of sp³-hybridized carbons (Fsp3) is 0.429. The predicted molar refractivity (Wildman–Crippen MR) is 107 cm³/mol. The van der Waals surface area contributed by atoms with E-state index in [1.165, 1.54) is 65.9 Å². The third-order valence-electron chi connectivity index (χ3n) is 5.23. The van der Waals surface area contributed by atoms with E-state index in [-0.39, 0.29) is 0 Å². The van der Waals surface area contributed by atoms with Crippen LogP contribution in [0.1, 0.15) is 12.0 Å². The Morgan fingerprint density at radius 3 is 2.48 bits per heavy atom. The maximum atomic E-state index is 2.61. The summed E-state index contributed by atoms with van der Waals surface area (Å²) in [5, 5.41) is 0. The fourth-order valence-electron chi connectivity index (χ4n) is 3.70. The smallest absolute Gasteiger partial charge is 0.0555 e. The molecule has 1 saturated heterocycles. The molecule has 0 atom stereocenters. The second kappa shape index (κ2) is 7.40. The lowest BCUT2D eigenvalue weighted by Gasteiger charge is -2.35. The molecular formula is C21H27N3S. The number of hydrogen-bond acceptors (Lipinski definition) is 4. The van der Waals surface area contributed by atoms with Crippen molar-refractivity contribution >= 4 is 23.1 Å². The van der Waals surface area contributed by atoms with Gasteiger partial charge < -0.3 is 14.7 Å². The van der Waals surface area contributed by atoms with Crippen molar-refractivity contribution in [2.24, 2.45) is 0 Å². The van der Waals surface area contributed by atoms with Crippen LogP contribution in [0.4, 0.5) is 11.4 Å². The number of benzene rings is 2. The summed E-state index contributed by atoms with van der Waals surface area (Å²) in [5.41, 5.74) is 4.08. The van der Waals surface area contributed by atoms with E-state index in [1.807, 2.05) is 11.8 Å². The zero-order valence-corrected chi connectivity index (χ0v) is 16.1. The van der Waals surface area contributed by atoms with E-state index < -0.39 is 0 Å². The van der Waals surface area contributed by atoms with Gasteiger partial charge in [-0.1, -0.05) is 30.0 Å². The van der Waals surface area contributed by atoms with E-state index in [0.717, 1.165) is 6.54 Å². The number of hydrogen-bond donors (Lipinski definition) is 0. The van der Waals surface area contributed by atoms with Crippen molar-refractivity contribution in [1.29, 1.82) is 0 Å². The molecule has 4 heteroatoms. The SMILES string of the molecule is Cc1ccc2c(c1)N(CCCN1CCN(C)CC1)c1ccccc1S2. The molecule has 0 aromatic heterocycles. The largest absolute Gasteiger partial charge is 0.340 e. The van der Waals surface area contributed by atoms with Gasteiger partial charge in [0.15, 0.2) is 0 Å². The standard InChI is InChI=1S/C21H27N3S/c1-17-8-9-21-19(16-17)24(18-6-3-4-7-20(18)25-21)11-5-10-23-14-12-22(2)13-15-23/h3-4,6-9,16H,5,10-15H2,1-2H3. The van der Waals surface area contributed by atoms with Crippen molar-refractivity contribution in [2.45, 2.75) is 23.1 Å². The number of likely N-dealkylation sites (N-methyl/N-ethyl adjacent to an activating group) is 1. The summed E-state index contributed by atoms with van der Waals surface area (Å²) >= 11 is 1.90. The van der Waals surface area contributed by atoms with Crippen LogP contribution in [0.5, 0.6) is 0 Å². The first-order valence-corrected chi connectivity index (χ1v) is 10.1. The summed E-state index contributed by atoms with van der Waals surface area (Å²) in [5.74, 6) is 0. The van der Waals surface area contributed by atoms with E-state index in [0.29, 0.717) is 0 Å². The van der Waals surface area contributed by atoms with Gasteiger partial charge in [-0.3, -0.25) is 0 Å². The average Bonchev–Trinajstić information content (AvgIpc) is 2.63. The topological polar surface area (TPSA) is 9.72 Å². The molecule has 3 nitrogen and oxygen atoms in total. The van der Waals surface area contributed by atoms with Gasteiger partial charge in [0.1, 0.15) is 0 Å². The van der Waals surface area contributed by atoms with Crippen molar-refractivity contribution < 1.29 is 0 Å². The first-order valence-electron chi connectivity index (χ1n) is 9.27. The number of fused-ring (bicyclic) bond motifs is 2. The molecule has 0 spiro atoms. The monoisotopic (exact) mass is 353 g/mol. The normalized spacial score (nSPS) is 18.1. The first-order chi connectivity index (χ1) is 12.2. The molecule has 2 heterocycles. The second-order valence-corrected chi connectivity index (χ2v) is 8.27. The Hall–Kier alpha value is -1.49. The Morgan fingerprint density at radius 2 is 1.64 bits per heavy atom. The zero-order chi connectivity index (χ0) is 17.2. The van der Waals surface area contributed by atoms with E-state index in [4.69, 9.17) is 0 Å². The lowest BCUT2D eigenvalue weighted by Crippen LogP contribution is -2.45. The van der Waals surface area contributed by atoms with Crippen molar-refractivity contribution in [3.8, 4) is 0 Å². The second-order valence-electron chi connectivity index (χ2n) is 7.19. The Bertz CT molecular complexity index is 738. The maximum absolute atomic E-state index is 2.61. The zero-order valence-electron chi connectivity index (χ0n) is 15.2. The van der Waals surface area contributed by atoms with Crippen LogP contribution in [0.2, 0.25) is 0 Å². The van der Waals surface area contributed by atoms with Crippen molar-refractivity contribution in [3.63, 3.8) is 0 Å². The highest BCUT2D eigenvalue weighted by Gasteiger charge is 2.23. The van der Waals surface area contributed by atoms with E-state index in [9.17, 15) is 0 Å². The summed E-state index contributed by atoms with van der Waals surface area (Å²) in [7, 11) is 2.22. The van der Waals surface area contributed by atoms with Crippen molar-refractivity contribution in [1.82, 2.24) is 9.80 Å². The van der Waals surface area contributed by atoms with Gasteiger partial charge in [-0.2, -0.15) is 0 Å². The number of aryl methyl sites for hydroxylation is 1. The molecule has 2 aromatic carbocycles. The minimum Gasteiger partial charge on any atom is -0.340 e. The van der Waals surface area contributed by atoms with Crippen molar-refractivity contribution in [2.75, 3.05) is 51.2 Å². The molecule has 2 aliphatic rings. The van der Waals surface area contributed by atoms with Gasteiger partial charge >= 0.3 is 0 Å². The van der Waals surface area contributed by atoms with Crippen LogP contribution in [0.25, 0.3) is 0 Å². The quantitative estimate of drug-likeness (QED) is 0.813. The van der Waals surface area contributed by atoms with Gasteiger partial charge in [0, 0.05) is 42.5 Å². The van der Waals surface area contributed by atoms with Crippen LogP contribution in [-0.2, 0) is 0 Å². The average molecular weight is 354 g/mol. The molecule has 1 fully saturated rings. The summed E-state index contributed by atoms with van der Waals surface area (Å²) in [6.07, 6.45) is 1.20. The maximum Gasteiger partial charge on any atom is 0.0555 e. The van der Waals surface area contributed by atoms with Gasteiger partial charge in [0.2, 0.25) is 0 Å². The third kappa shape index (κ3) is 3.71. The third-order valence-corrected chi connectivity index (χ3v) is 6.36. The highest BCUT2D eigenvalue weighted by atomic mass is 32.2. The number of nitrogens with zero attached hydrogens (tertiary/aromatic N) is 3. The number of anilines is 2. The molecule has 0 saturated carbocycles. The summed E-state index contributed by atoms with van der Waals surface area (Å²) < 4.78 is 0. The van der Waals surface area contributed by atoms with Crippen LogP contribution < -0.4 is 4.90 Å². The van der Waals surface area contributed by atoms with Gasteiger partial charge in [-0.25, -0.2) is 0 Å². The minimum atomic E-state index is 1.08.